The lowest BCUT2D eigenvalue weighted by Gasteiger charge is -2.09. The predicted octanol–water partition coefficient (Wildman–Crippen LogP) is 5.31. The Bertz CT molecular complexity index is 1010. The van der Waals surface area contributed by atoms with Crippen LogP contribution in [0.4, 0.5) is 5.69 Å². The first-order valence-corrected chi connectivity index (χ1v) is 10.5. The third-order valence-electron chi connectivity index (χ3n) is 5.14. The van der Waals surface area contributed by atoms with Crippen LogP contribution >= 0.6 is 0 Å². The zero-order valence-electron chi connectivity index (χ0n) is 18.2. The number of aromatic nitrogens is 1. The van der Waals surface area contributed by atoms with Gasteiger partial charge >= 0.3 is 0 Å². The molecule has 0 bridgehead atoms. The minimum Gasteiger partial charge on any atom is -0.494 e. The van der Waals surface area contributed by atoms with Crippen molar-refractivity contribution < 1.29 is 14.6 Å². The molecule has 0 aliphatic carbocycles. The standard InChI is InChI=1S/C24H31N3O3/c1-5-7-12-25-15-16-8-10-17(11-9-16)26-19(6-2)23-18-13-21(29-3)22(30-4)14-20(18)27-24(23)28/h8-11,13-14,25,27-28H,5-7,12,15H2,1-4H3. The summed E-state index contributed by atoms with van der Waals surface area (Å²) in [4.78, 5) is 7.85. The zero-order chi connectivity index (χ0) is 21.5. The van der Waals surface area contributed by atoms with Gasteiger partial charge in [-0.15, -0.1) is 0 Å². The van der Waals surface area contributed by atoms with Gasteiger partial charge in [0.15, 0.2) is 17.4 Å². The van der Waals surface area contributed by atoms with E-state index in [1.807, 2.05) is 31.2 Å². The molecule has 0 fully saturated rings. The molecule has 1 aromatic heterocycles. The molecule has 3 aromatic rings. The van der Waals surface area contributed by atoms with Crippen LogP contribution in [0.3, 0.4) is 0 Å². The van der Waals surface area contributed by atoms with Gasteiger partial charge < -0.3 is 24.9 Å². The van der Waals surface area contributed by atoms with Crippen molar-refractivity contribution in [2.24, 2.45) is 4.99 Å². The van der Waals surface area contributed by atoms with Crippen LogP contribution in [0.15, 0.2) is 41.4 Å². The van der Waals surface area contributed by atoms with Crippen molar-refractivity contribution >= 4 is 22.3 Å². The van der Waals surface area contributed by atoms with Crippen LogP contribution in [0.25, 0.3) is 10.9 Å². The van der Waals surface area contributed by atoms with E-state index in [1.54, 1.807) is 14.2 Å². The fourth-order valence-electron chi connectivity index (χ4n) is 3.49. The second-order valence-corrected chi connectivity index (χ2v) is 7.21. The van der Waals surface area contributed by atoms with Crippen molar-refractivity contribution in [2.45, 2.75) is 39.7 Å². The highest BCUT2D eigenvalue weighted by Gasteiger charge is 2.18. The molecule has 0 amide bonds. The number of aromatic hydroxyl groups is 1. The van der Waals surface area contributed by atoms with Crippen molar-refractivity contribution in [3.63, 3.8) is 0 Å². The normalized spacial score (nSPS) is 11.8. The summed E-state index contributed by atoms with van der Waals surface area (Å²) in [5.41, 5.74) is 4.36. The van der Waals surface area contributed by atoms with Crippen LogP contribution in [-0.2, 0) is 6.54 Å². The number of H-pyrrole nitrogens is 1. The number of nitrogens with zero attached hydrogens (tertiary/aromatic N) is 1. The van der Waals surface area contributed by atoms with Crippen LogP contribution in [0.1, 0.15) is 44.2 Å². The quantitative estimate of drug-likeness (QED) is 0.313. The molecule has 2 aromatic carbocycles. The second-order valence-electron chi connectivity index (χ2n) is 7.21. The van der Waals surface area contributed by atoms with E-state index in [0.717, 1.165) is 35.4 Å². The van der Waals surface area contributed by atoms with Crippen LogP contribution < -0.4 is 14.8 Å². The summed E-state index contributed by atoms with van der Waals surface area (Å²) < 4.78 is 10.8. The Morgan fingerprint density at radius 2 is 1.77 bits per heavy atom. The molecule has 30 heavy (non-hydrogen) atoms. The Hall–Kier alpha value is -2.99. The molecule has 3 N–H and O–H groups in total. The van der Waals surface area contributed by atoms with Gasteiger partial charge in [-0.3, -0.25) is 4.99 Å². The first-order valence-electron chi connectivity index (χ1n) is 10.5. The van der Waals surface area contributed by atoms with Crippen LogP contribution in [0, 0.1) is 0 Å². The Morgan fingerprint density at radius 1 is 1.07 bits per heavy atom. The van der Waals surface area contributed by atoms with Crippen LogP contribution in [-0.4, -0.2) is 36.6 Å². The number of hydrogen-bond acceptors (Lipinski definition) is 5. The number of benzene rings is 2. The van der Waals surface area contributed by atoms with Gasteiger partial charge in [0, 0.05) is 18.0 Å². The smallest absolute Gasteiger partial charge is 0.198 e. The molecule has 6 heteroatoms. The van der Waals surface area contributed by atoms with E-state index in [-0.39, 0.29) is 5.88 Å². The third kappa shape index (κ3) is 4.76. The number of ether oxygens (including phenoxy) is 2. The van der Waals surface area contributed by atoms with E-state index in [1.165, 1.54) is 18.4 Å². The number of fused-ring (bicyclic) bond motifs is 1. The number of rotatable bonds is 10. The van der Waals surface area contributed by atoms with Gasteiger partial charge in [-0.05, 0) is 43.1 Å². The number of hydrogen-bond donors (Lipinski definition) is 3. The van der Waals surface area contributed by atoms with Gasteiger partial charge in [0.2, 0.25) is 0 Å². The average molecular weight is 410 g/mol. The lowest BCUT2D eigenvalue weighted by atomic mass is 10.1. The Balaban J connectivity index is 1.90. The molecule has 3 rings (SSSR count). The maximum Gasteiger partial charge on any atom is 0.198 e. The first-order chi connectivity index (χ1) is 14.6. The fraction of sp³-hybridized carbons (Fsp3) is 0.375. The first kappa shape index (κ1) is 21.7. The minimum atomic E-state index is 0.0950. The van der Waals surface area contributed by atoms with Crippen LogP contribution in [0.2, 0.25) is 0 Å². The predicted molar refractivity (Wildman–Crippen MR) is 123 cm³/mol. The van der Waals surface area contributed by atoms with E-state index < -0.39 is 0 Å². The van der Waals surface area contributed by atoms with Gasteiger partial charge in [0.1, 0.15) is 0 Å². The maximum atomic E-state index is 10.6. The van der Waals surface area contributed by atoms with Gasteiger partial charge in [-0.1, -0.05) is 32.4 Å². The molecule has 0 spiro atoms. The highest BCUT2D eigenvalue weighted by Crippen LogP contribution is 2.37. The van der Waals surface area contributed by atoms with Gasteiger partial charge in [-0.2, -0.15) is 0 Å². The molecule has 0 saturated carbocycles. The van der Waals surface area contributed by atoms with E-state index in [4.69, 9.17) is 14.5 Å². The molecule has 6 nitrogen and oxygen atoms in total. The molecular formula is C24H31N3O3. The Morgan fingerprint density at radius 3 is 2.40 bits per heavy atom. The highest BCUT2D eigenvalue weighted by molar-refractivity contribution is 6.14. The summed E-state index contributed by atoms with van der Waals surface area (Å²) in [6.45, 7) is 6.11. The SMILES string of the molecule is CCCCNCc1ccc(N=C(CC)c2c(O)[nH]c3cc(OC)c(OC)cc23)cc1. The van der Waals surface area contributed by atoms with Crippen molar-refractivity contribution in [3.05, 3.63) is 47.5 Å². The summed E-state index contributed by atoms with van der Waals surface area (Å²) in [5, 5.41) is 14.9. The lowest BCUT2D eigenvalue weighted by Crippen LogP contribution is -2.14. The summed E-state index contributed by atoms with van der Waals surface area (Å²) in [7, 11) is 3.19. The minimum absolute atomic E-state index is 0.0950. The molecule has 0 aliphatic rings. The van der Waals surface area contributed by atoms with Gasteiger partial charge in [-0.25, -0.2) is 0 Å². The monoisotopic (exact) mass is 409 g/mol. The van der Waals surface area contributed by atoms with Crippen molar-refractivity contribution in [2.75, 3.05) is 20.8 Å². The summed E-state index contributed by atoms with van der Waals surface area (Å²) in [6.07, 6.45) is 3.06. The van der Waals surface area contributed by atoms with Crippen molar-refractivity contribution in [1.29, 1.82) is 0 Å². The van der Waals surface area contributed by atoms with Gasteiger partial charge in [0.25, 0.3) is 0 Å². The number of methoxy groups -OCH3 is 2. The Kier molecular flexibility index (Phi) is 7.36. The molecule has 0 radical (unpaired) electrons. The van der Waals surface area contributed by atoms with E-state index in [0.29, 0.717) is 23.5 Å². The second kappa shape index (κ2) is 10.2. The number of aliphatic imine (C=N–C) groups is 1. The van der Waals surface area contributed by atoms with Gasteiger partial charge in [0.05, 0.1) is 36.7 Å². The lowest BCUT2D eigenvalue weighted by molar-refractivity contribution is 0.356. The van der Waals surface area contributed by atoms with Crippen LogP contribution in [0.5, 0.6) is 17.4 Å². The molecule has 0 atom stereocenters. The molecular weight excluding hydrogens is 378 g/mol. The molecule has 0 unspecified atom stereocenters. The molecule has 0 saturated heterocycles. The average Bonchev–Trinajstić information content (AvgIpc) is 3.09. The van der Waals surface area contributed by atoms with Crippen molar-refractivity contribution in [1.82, 2.24) is 10.3 Å². The Labute approximate surface area is 177 Å². The van der Waals surface area contributed by atoms with E-state index >= 15 is 0 Å². The number of unbranched alkanes of at least 4 members (excludes halogenated alkanes) is 1. The zero-order valence-corrected chi connectivity index (χ0v) is 18.2. The topological polar surface area (TPSA) is 78.9 Å². The maximum absolute atomic E-state index is 10.6. The molecule has 0 aliphatic heterocycles. The summed E-state index contributed by atoms with van der Waals surface area (Å²) >= 11 is 0. The largest absolute Gasteiger partial charge is 0.494 e. The number of aromatic amines is 1. The fourth-order valence-corrected chi connectivity index (χ4v) is 3.49. The summed E-state index contributed by atoms with van der Waals surface area (Å²) in [5.74, 6) is 1.31. The van der Waals surface area contributed by atoms with E-state index in [9.17, 15) is 5.11 Å². The van der Waals surface area contributed by atoms with E-state index in [2.05, 4.69) is 29.4 Å². The van der Waals surface area contributed by atoms with Crippen molar-refractivity contribution in [3.8, 4) is 17.4 Å². The highest BCUT2D eigenvalue weighted by atomic mass is 16.5. The third-order valence-corrected chi connectivity index (χ3v) is 5.14. The molecule has 160 valence electrons. The molecule has 1 heterocycles. The summed E-state index contributed by atoms with van der Waals surface area (Å²) in [6, 6.07) is 11.9. The number of nitrogens with one attached hydrogen (secondary N) is 2.